The molecular formula is C13H27ClO3S. The summed E-state index contributed by atoms with van der Waals surface area (Å²) in [6.07, 6.45) is 0.956. The lowest BCUT2D eigenvalue weighted by atomic mass is 9.82. The Morgan fingerprint density at radius 3 is 1.94 bits per heavy atom. The number of rotatable bonds is 6. The minimum absolute atomic E-state index is 0.0342. The highest BCUT2D eigenvalue weighted by Crippen LogP contribution is 2.28. The van der Waals surface area contributed by atoms with Gasteiger partial charge >= 0.3 is 0 Å². The third-order valence-corrected chi connectivity index (χ3v) is 4.12. The SMILES string of the molecule is CC(C)(C)CCOCC(CS(=O)(=O)Cl)C(C)(C)C. The van der Waals surface area contributed by atoms with Crippen molar-refractivity contribution in [2.45, 2.75) is 48.0 Å². The van der Waals surface area contributed by atoms with Gasteiger partial charge in [0.1, 0.15) is 0 Å². The van der Waals surface area contributed by atoms with Crippen molar-refractivity contribution in [2.75, 3.05) is 19.0 Å². The lowest BCUT2D eigenvalue weighted by Crippen LogP contribution is -2.31. The van der Waals surface area contributed by atoms with E-state index in [9.17, 15) is 8.42 Å². The monoisotopic (exact) mass is 298 g/mol. The van der Waals surface area contributed by atoms with E-state index in [-0.39, 0.29) is 22.5 Å². The number of halogens is 1. The fraction of sp³-hybridized carbons (Fsp3) is 1.00. The van der Waals surface area contributed by atoms with Crippen LogP contribution in [0.4, 0.5) is 0 Å². The molecule has 0 aliphatic rings. The Labute approximate surface area is 117 Å². The van der Waals surface area contributed by atoms with E-state index in [1.807, 2.05) is 20.8 Å². The molecule has 5 heteroatoms. The van der Waals surface area contributed by atoms with E-state index in [1.165, 1.54) is 0 Å². The van der Waals surface area contributed by atoms with Crippen LogP contribution < -0.4 is 0 Å². The van der Waals surface area contributed by atoms with E-state index in [1.54, 1.807) is 0 Å². The van der Waals surface area contributed by atoms with E-state index in [0.717, 1.165) is 6.42 Å². The molecule has 18 heavy (non-hydrogen) atoms. The van der Waals surface area contributed by atoms with Gasteiger partial charge in [-0.25, -0.2) is 8.42 Å². The molecule has 0 radical (unpaired) electrons. The van der Waals surface area contributed by atoms with Crippen LogP contribution in [0.2, 0.25) is 0 Å². The maximum Gasteiger partial charge on any atom is 0.232 e. The van der Waals surface area contributed by atoms with Crippen LogP contribution in [-0.2, 0) is 13.8 Å². The molecular weight excluding hydrogens is 272 g/mol. The first-order valence-electron chi connectivity index (χ1n) is 6.31. The molecule has 0 rings (SSSR count). The zero-order valence-electron chi connectivity index (χ0n) is 12.4. The Balaban J connectivity index is 4.29. The van der Waals surface area contributed by atoms with Crippen LogP contribution >= 0.6 is 10.7 Å². The molecule has 110 valence electrons. The average molecular weight is 299 g/mol. The predicted octanol–water partition coefficient (Wildman–Crippen LogP) is 3.67. The van der Waals surface area contributed by atoms with Crippen LogP contribution in [0.3, 0.4) is 0 Å². The standard InChI is InChI=1S/C13H27ClO3S/c1-12(2,3)7-8-17-9-11(13(4,5)6)10-18(14,15)16/h11H,7-10H2,1-6H3. The first-order chi connectivity index (χ1) is 7.81. The summed E-state index contributed by atoms with van der Waals surface area (Å²) in [6, 6.07) is 0. The highest BCUT2D eigenvalue weighted by atomic mass is 35.7. The van der Waals surface area contributed by atoms with E-state index in [2.05, 4.69) is 20.8 Å². The van der Waals surface area contributed by atoms with Gasteiger partial charge in [0.2, 0.25) is 9.05 Å². The second kappa shape index (κ2) is 6.58. The van der Waals surface area contributed by atoms with Gasteiger partial charge in [-0.15, -0.1) is 0 Å². The Bertz CT molecular complexity index is 336. The average Bonchev–Trinajstić information content (AvgIpc) is 2.04. The summed E-state index contributed by atoms with van der Waals surface area (Å²) < 4.78 is 28.0. The quantitative estimate of drug-likeness (QED) is 0.555. The molecule has 0 aromatic carbocycles. The van der Waals surface area contributed by atoms with Gasteiger partial charge in [-0.05, 0) is 17.3 Å². The normalized spacial score (nSPS) is 15.7. The molecule has 0 saturated carbocycles. The van der Waals surface area contributed by atoms with Crippen LogP contribution in [-0.4, -0.2) is 27.4 Å². The molecule has 1 unspecified atom stereocenters. The van der Waals surface area contributed by atoms with Gasteiger partial charge in [-0.3, -0.25) is 0 Å². The molecule has 0 aromatic heterocycles. The second-order valence-electron chi connectivity index (χ2n) is 7.15. The third kappa shape index (κ3) is 10.2. The molecule has 0 aromatic rings. The van der Waals surface area contributed by atoms with Crippen molar-refractivity contribution in [3.8, 4) is 0 Å². The van der Waals surface area contributed by atoms with Crippen LogP contribution in [0.5, 0.6) is 0 Å². The first-order valence-corrected chi connectivity index (χ1v) is 8.79. The van der Waals surface area contributed by atoms with Crippen LogP contribution in [0.15, 0.2) is 0 Å². The van der Waals surface area contributed by atoms with Gasteiger partial charge < -0.3 is 4.74 Å². The minimum atomic E-state index is -3.48. The number of ether oxygens (including phenoxy) is 1. The smallest absolute Gasteiger partial charge is 0.232 e. The first kappa shape index (κ1) is 18.2. The van der Waals surface area contributed by atoms with Crippen molar-refractivity contribution in [2.24, 2.45) is 16.7 Å². The predicted molar refractivity (Wildman–Crippen MR) is 77.5 cm³/mol. The van der Waals surface area contributed by atoms with Gasteiger partial charge in [-0.2, -0.15) is 0 Å². The van der Waals surface area contributed by atoms with Gasteiger partial charge in [0.15, 0.2) is 0 Å². The number of hydrogen-bond acceptors (Lipinski definition) is 3. The highest BCUT2D eigenvalue weighted by Gasteiger charge is 2.29. The molecule has 1 atom stereocenters. The summed E-state index contributed by atoms with van der Waals surface area (Å²) in [5.74, 6) is -0.118. The lowest BCUT2D eigenvalue weighted by Gasteiger charge is -2.30. The van der Waals surface area contributed by atoms with Crippen molar-refractivity contribution in [3.05, 3.63) is 0 Å². The topological polar surface area (TPSA) is 43.4 Å². The van der Waals surface area contributed by atoms with E-state index >= 15 is 0 Å². The summed E-state index contributed by atoms with van der Waals surface area (Å²) in [5.41, 5.74) is 0.0967. The molecule has 0 N–H and O–H groups in total. The third-order valence-electron chi connectivity index (χ3n) is 2.94. The molecule has 0 saturated heterocycles. The Morgan fingerprint density at radius 1 is 1.11 bits per heavy atom. The van der Waals surface area contributed by atoms with E-state index in [0.29, 0.717) is 13.2 Å². The van der Waals surface area contributed by atoms with E-state index < -0.39 is 9.05 Å². The maximum absolute atomic E-state index is 11.2. The molecule has 0 fully saturated rings. The van der Waals surface area contributed by atoms with Crippen LogP contribution in [0, 0.1) is 16.7 Å². The molecule has 0 heterocycles. The maximum atomic E-state index is 11.2. The largest absolute Gasteiger partial charge is 0.381 e. The summed E-state index contributed by atoms with van der Waals surface area (Å²) in [5, 5.41) is 0. The summed E-state index contributed by atoms with van der Waals surface area (Å²) in [6.45, 7) is 13.6. The van der Waals surface area contributed by atoms with Gasteiger partial charge in [-0.1, -0.05) is 41.5 Å². The van der Waals surface area contributed by atoms with Crippen molar-refractivity contribution in [3.63, 3.8) is 0 Å². The summed E-state index contributed by atoms with van der Waals surface area (Å²) >= 11 is 0. The van der Waals surface area contributed by atoms with Crippen molar-refractivity contribution < 1.29 is 13.2 Å². The zero-order valence-corrected chi connectivity index (χ0v) is 14.0. The lowest BCUT2D eigenvalue weighted by molar-refractivity contribution is 0.0519. The Morgan fingerprint density at radius 2 is 1.61 bits per heavy atom. The van der Waals surface area contributed by atoms with Crippen LogP contribution in [0.1, 0.15) is 48.0 Å². The molecule has 0 aliphatic carbocycles. The highest BCUT2D eigenvalue weighted by molar-refractivity contribution is 8.13. The Kier molecular flexibility index (Phi) is 6.65. The van der Waals surface area contributed by atoms with Gasteiger partial charge in [0, 0.05) is 23.2 Å². The van der Waals surface area contributed by atoms with Crippen molar-refractivity contribution in [1.82, 2.24) is 0 Å². The van der Waals surface area contributed by atoms with Crippen molar-refractivity contribution >= 4 is 19.7 Å². The Hall–Kier alpha value is 0.200. The minimum Gasteiger partial charge on any atom is -0.381 e. The molecule has 3 nitrogen and oxygen atoms in total. The second-order valence-corrected chi connectivity index (χ2v) is 9.98. The fourth-order valence-corrected chi connectivity index (χ4v) is 2.93. The fourth-order valence-electron chi connectivity index (χ4n) is 1.39. The molecule has 0 bridgehead atoms. The summed E-state index contributed by atoms with van der Waals surface area (Å²) in [7, 11) is 1.86. The van der Waals surface area contributed by atoms with Gasteiger partial charge in [0.25, 0.3) is 0 Å². The molecule has 0 aliphatic heterocycles. The molecule has 0 spiro atoms. The summed E-state index contributed by atoms with van der Waals surface area (Å²) in [4.78, 5) is 0. The van der Waals surface area contributed by atoms with Crippen LogP contribution in [0.25, 0.3) is 0 Å². The van der Waals surface area contributed by atoms with E-state index in [4.69, 9.17) is 15.4 Å². The molecule has 0 amide bonds. The zero-order chi connectivity index (χ0) is 14.6. The van der Waals surface area contributed by atoms with Gasteiger partial charge in [0.05, 0.1) is 12.4 Å². The number of hydrogen-bond donors (Lipinski definition) is 0. The van der Waals surface area contributed by atoms with Crippen molar-refractivity contribution in [1.29, 1.82) is 0 Å².